The van der Waals surface area contributed by atoms with Gasteiger partial charge in [0.15, 0.2) is 9.84 Å². The van der Waals surface area contributed by atoms with E-state index in [0.29, 0.717) is 18.4 Å². The van der Waals surface area contributed by atoms with Crippen molar-refractivity contribution in [2.24, 2.45) is 0 Å². The van der Waals surface area contributed by atoms with Crippen molar-refractivity contribution in [3.63, 3.8) is 0 Å². The molecule has 0 spiro atoms. The fourth-order valence-electron chi connectivity index (χ4n) is 5.44. The number of nitrogens with zero attached hydrogens (tertiary/aromatic N) is 4. The number of sulfone groups is 1. The second-order valence-corrected chi connectivity index (χ2v) is 29.6. The summed E-state index contributed by atoms with van der Waals surface area (Å²) in [4.78, 5) is 1.63. The number of aromatic nitrogens is 4. The van der Waals surface area contributed by atoms with Crippen LogP contribution in [0.15, 0.2) is 119 Å². The van der Waals surface area contributed by atoms with Crippen molar-refractivity contribution in [1.82, 2.24) is 19.6 Å². The fourth-order valence-corrected chi connectivity index (χ4v) is 9.27. The number of rotatable bonds is 16. The van der Waals surface area contributed by atoms with E-state index in [-0.39, 0.29) is 5.75 Å². The second kappa shape index (κ2) is 18.0. The van der Waals surface area contributed by atoms with Gasteiger partial charge in [-0.3, -0.25) is 0 Å². The van der Waals surface area contributed by atoms with Crippen LogP contribution in [0.2, 0.25) is 51.4 Å². The third kappa shape index (κ3) is 11.7. The quantitative estimate of drug-likeness (QED) is 0.0550. The molecule has 276 valence electrons. The van der Waals surface area contributed by atoms with E-state index in [0.717, 1.165) is 47.0 Å². The van der Waals surface area contributed by atoms with Gasteiger partial charge in [0.1, 0.15) is 13.5 Å². The lowest BCUT2D eigenvalue weighted by Crippen LogP contribution is -2.22. The molecule has 4 aromatic carbocycles. The van der Waals surface area contributed by atoms with Gasteiger partial charge < -0.3 is 9.47 Å². The second-order valence-electron chi connectivity index (χ2n) is 15.4. The molecule has 6 aromatic rings. The van der Waals surface area contributed by atoms with Crippen molar-refractivity contribution in [2.75, 3.05) is 13.2 Å². The molecule has 0 fully saturated rings. The predicted molar refractivity (Wildman–Crippen MR) is 221 cm³/mol. The summed E-state index contributed by atoms with van der Waals surface area (Å²) in [6, 6.07) is 33.5. The van der Waals surface area contributed by atoms with E-state index in [1.807, 2.05) is 46.9 Å². The molecule has 0 amide bonds. The highest BCUT2D eigenvalue weighted by atomic mass is 32.2. The van der Waals surface area contributed by atoms with Crippen LogP contribution in [0.3, 0.4) is 0 Å². The van der Waals surface area contributed by atoms with Crippen molar-refractivity contribution in [3.8, 4) is 0 Å². The van der Waals surface area contributed by atoms with E-state index in [1.54, 1.807) is 35.1 Å². The van der Waals surface area contributed by atoms with E-state index in [9.17, 15) is 8.42 Å². The zero-order valence-electron chi connectivity index (χ0n) is 31.3. The largest absolute Gasteiger partial charge is 0.360 e. The van der Waals surface area contributed by atoms with Gasteiger partial charge in [-0.1, -0.05) is 99.9 Å². The molecular formula is C40H52N4O4S2Si2. The molecule has 0 unspecified atom stereocenters. The summed E-state index contributed by atoms with van der Waals surface area (Å²) in [5.41, 5.74) is 4.12. The van der Waals surface area contributed by atoms with Gasteiger partial charge in [-0.25, -0.2) is 17.8 Å². The first kappa shape index (κ1) is 39.7. The highest BCUT2D eigenvalue weighted by Gasteiger charge is 2.18. The Morgan fingerprint density at radius 1 is 0.615 bits per heavy atom. The smallest absolute Gasteiger partial charge is 0.182 e. The van der Waals surface area contributed by atoms with Crippen molar-refractivity contribution in [3.05, 3.63) is 121 Å². The number of ether oxygens (including phenoxy) is 2. The summed E-state index contributed by atoms with van der Waals surface area (Å²) < 4.78 is 40.8. The molecule has 52 heavy (non-hydrogen) atoms. The van der Waals surface area contributed by atoms with Gasteiger partial charge in [-0.2, -0.15) is 10.2 Å². The predicted octanol–water partition coefficient (Wildman–Crippen LogP) is 9.96. The first-order valence-electron chi connectivity index (χ1n) is 17.8. The van der Waals surface area contributed by atoms with Crippen molar-refractivity contribution in [2.45, 2.75) is 86.1 Å². The molecule has 0 aliphatic rings. The lowest BCUT2D eigenvalue weighted by molar-refractivity contribution is 0.0816. The van der Waals surface area contributed by atoms with Crippen LogP contribution in [0.25, 0.3) is 21.8 Å². The van der Waals surface area contributed by atoms with Crippen LogP contribution in [-0.2, 0) is 44.3 Å². The minimum Gasteiger partial charge on any atom is -0.360 e. The van der Waals surface area contributed by atoms with Crippen LogP contribution >= 0.6 is 11.8 Å². The molecule has 2 heterocycles. The summed E-state index contributed by atoms with van der Waals surface area (Å²) in [7, 11) is -5.56. The number of hydrogen-bond donors (Lipinski definition) is 0. The summed E-state index contributed by atoms with van der Waals surface area (Å²) in [5, 5.41) is 11.0. The van der Waals surface area contributed by atoms with Crippen LogP contribution in [0.5, 0.6) is 0 Å². The fraction of sp³-hybridized carbons (Fsp3) is 0.350. The third-order valence-electron chi connectivity index (χ3n) is 8.56. The third-order valence-corrected chi connectivity index (χ3v) is 14.7. The molecule has 0 saturated heterocycles. The monoisotopic (exact) mass is 772 g/mol. The van der Waals surface area contributed by atoms with Gasteiger partial charge >= 0.3 is 0 Å². The Kier molecular flexibility index (Phi) is 13.7. The summed E-state index contributed by atoms with van der Waals surface area (Å²) in [6.45, 7) is 16.5. The van der Waals surface area contributed by atoms with Gasteiger partial charge in [0.05, 0.1) is 34.1 Å². The molecule has 0 aliphatic heterocycles. The lowest BCUT2D eigenvalue weighted by Gasteiger charge is -2.15. The average molecular weight is 773 g/mol. The van der Waals surface area contributed by atoms with Gasteiger partial charge in [-0.15, -0.1) is 11.8 Å². The van der Waals surface area contributed by atoms with Crippen LogP contribution < -0.4 is 0 Å². The molecule has 8 nitrogen and oxygen atoms in total. The van der Waals surface area contributed by atoms with E-state index in [1.165, 1.54) is 21.9 Å². The molecule has 0 aliphatic carbocycles. The van der Waals surface area contributed by atoms with Crippen LogP contribution in [0, 0.1) is 0 Å². The zero-order chi connectivity index (χ0) is 37.2. The number of benzene rings is 4. The van der Waals surface area contributed by atoms with E-state index in [2.05, 4.69) is 98.0 Å². The van der Waals surface area contributed by atoms with Crippen LogP contribution in [0.4, 0.5) is 0 Å². The van der Waals surface area contributed by atoms with Gasteiger partial charge in [-0.05, 0) is 59.6 Å². The average Bonchev–Trinajstić information content (AvgIpc) is 3.73. The molecule has 0 bridgehead atoms. The van der Waals surface area contributed by atoms with Crippen molar-refractivity contribution >= 4 is 59.6 Å². The van der Waals surface area contributed by atoms with Gasteiger partial charge in [0, 0.05) is 50.8 Å². The Balaban J connectivity index is 0.000000202. The topological polar surface area (TPSA) is 88.2 Å². The molecule has 0 radical (unpaired) electrons. The Bertz CT molecular complexity index is 2130. The molecule has 0 N–H and O–H groups in total. The number of fused-ring (bicyclic) bond motifs is 2. The Hall–Kier alpha value is -3.53. The summed E-state index contributed by atoms with van der Waals surface area (Å²) in [5.74, 6) is 0.903. The summed E-state index contributed by atoms with van der Waals surface area (Å²) in [6.07, 6.45) is 3.70. The highest BCUT2D eigenvalue weighted by molar-refractivity contribution is 7.98. The maximum absolute atomic E-state index is 12.7. The molecule has 12 heteroatoms. The minimum atomic E-state index is -3.40. The van der Waals surface area contributed by atoms with Gasteiger partial charge in [0.25, 0.3) is 0 Å². The van der Waals surface area contributed by atoms with E-state index < -0.39 is 26.0 Å². The Labute approximate surface area is 315 Å². The van der Waals surface area contributed by atoms with Gasteiger partial charge in [0.2, 0.25) is 0 Å². The molecule has 6 rings (SSSR count). The molecular weight excluding hydrogens is 721 g/mol. The van der Waals surface area contributed by atoms with Crippen molar-refractivity contribution < 1.29 is 17.9 Å². The lowest BCUT2D eigenvalue weighted by atomic mass is 10.1. The molecule has 2 aromatic heterocycles. The van der Waals surface area contributed by atoms with Crippen molar-refractivity contribution in [1.29, 1.82) is 0 Å². The number of hydrogen-bond acceptors (Lipinski definition) is 7. The summed E-state index contributed by atoms with van der Waals surface area (Å²) >= 11 is 1.86. The number of thioether (sulfide) groups is 1. The highest BCUT2D eigenvalue weighted by Crippen LogP contribution is 2.28. The first-order chi connectivity index (χ1) is 24.8. The molecule has 0 saturated carbocycles. The Morgan fingerprint density at radius 2 is 1.10 bits per heavy atom. The Morgan fingerprint density at radius 3 is 1.62 bits per heavy atom. The maximum Gasteiger partial charge on any atom is 0.182 e. The maximum atomic E-state index is 12.7. The first-order valence-corrected chi connectivity index (χ1v) is 27.8. The normalized spacial score (nSPS) is 12.3. The minimum absolute atomic E-state index is 0.0451. The standard InChI is InChI=1S/C20H26N2O3SSi.C20H26N2OSSi/c1-27(2,3)13-12-25-16-22-20-11-7-8-17(19(20)14-21-22)15-26(23,24)18-9-5-4-6-10-18;1-25(2,3)13-12-23-16-22-20-11-7-8-17(19(20)14-21-22)15-24-18-9-5-4-6-10-18/h4-11,14H,12-13,15-16H2,1-3H3;4-11,14H,12-13,15-16H2,1-3H3. The van der Waals surface area contributed by atoms with Crippen LogP contribution in [-0.4, -0.2) is 57.3 Å². The van der Waals surface area contributed by atoms with Crippen LogP contribution in [0.1, 0.15) is 11.1 Å². The van der Waals surface area contributed by atoms with E-state index >= 15 is 0 Å². The zero-order valence-corrected chi connectivity index (χ0v) is 34.9. The molecule has 0 atom stereocenters. The SMILES string of the molecule is C[Si](C)(C)CCOCn1ncc2c(CS(=O)(=O)c3ccccc3)cccc21.C[Si](C)(C)CCOCn1ncc2c(CSc3ccccc3)cccc21. The van der Waals surface area contributed by atoms with E-state index in [4.69, 9.17) is 9.47 Å².